The molecule has 0 spiro atoms. The van der Waals surface area contributed by atoms with Crippen LogP contribution in [0.5, 0.6) is 5.88 Å². The number of nitrogens with zero attached hydrogens (tertiary/aromatic N) is 3. The first-order chi connectivity index (χ1) is 13.7. The van der Waals surface area contributed by atoms with E-state index in [0.717, 1.165) is 11.3 Å². The molecule has 1 saturated heterocycles. The number of anilines is 1. The van der Waals surface area contributed by atoms with Crippen molar-refractivity contribution < 1.29 is 19.1 Å². The Hall–Kier alpha value is -3.29. The van der Waals surface area contributed by atoms with E-state index in [2.05, 4.69) is 15.2 Å². The number of rotatable bonds is 3. The van der Waals surface area contributed by atoms with E-state index in [9.17, 15) is 9.59 Å². The van der Waals surface area contributed by atoms with Gasteiger partial charge in [0.2, 0.25) is 5.88 Å². The summed E-state index contributed by atoms with van der Waals surface area (Å²) in [7, 11) is 1.57. The van der Waals surface area contributed by atoms with E-state index in [-0.39, 0.29) is 24.6 Å². The summed E-state index contributed by atoms with van der Waals surface area (Å²) >= 11 is 0. The van der Waals surface area contributed by atoms with Gasteiger partial charge in [-0.3, -0.25) is 4.79 Å². The molecule has 0 unspecified atom stereocenters. The Balaban J connectivity index is 1.39. The van der Waals surface area contributed by atoms with E-state index in [1.807, 2.05) is 36.4 Å². The molecule has 0 bridgehead atoms. The average Bonchev–Trinajstić information content (AvgIpc) is 2.76. The fourth-order valence-corrected chi connectivity index (χ4v) is 3.48. The van der Waals surface area contributed by atoms with Gasteiger partial charge in [0.05, 0.1) is 6.04 Å². The molecule has 1 fully saturated rings. The van der Waals surface area contributed by atoms with Crippen LogP contribution in [0.25, 0.3) is 0 Å². The van der Waals surface area contributed by atoms with Gasteiger partial charge in [0.15, 0.2) is 0 Å². The van der Waals surface area contributed by atoms with Crippen LogP contribution in [0.15, 0.2) is 42.5 Å². The number of hydrogen-bond donors (Lipinski definition) is 1. The average molecular weight is 382 g/mol. The molecule has 8 heteroatoms. The molecule has 146 valence electrons. The standard InChI is InChI=1S/C20H22N4O4/c1-21-18(25)16-7-8-17-19(22-16)27-13-15-11-23(9-10-24(15)17)20(26)28-12-14-5-3-2-4-6-14/h2-8,15H,9-13H2,1H3,(H,21,25)/t15-/m0/s1. The summed E-state index contributed by atoms with van der Waals surface area (Å²) in [4.78, 5) is 32.4. The van der Waals surface area contributed by atoms with Crippen LogP contribution in [0.2, 0.25) is 0 Å². The number of carbonyl (C=O) groups excluding carboxylic acids is 2. The molecule has 28 heavy (non-hydrogen) atoms. The normalized spacial score (nSPS) is 17.8. The predicted molar refractivity (Wildman–Crippen MR) is 102 cm³/mol. The van der Waals surface area contributed by atoms with Crippen LogP contribution in [-0.4, -0.2) is 61.2 Å². The molecule has 2 aliphatic heterocycles. The van der Waals surface area contributed by atoms with Crippen LogP contribution >= 0.6 is 0 Å². The van der Waals surface area contributed by atoms with Gasteiger partial charge >= 0.3 is 6.09 Å². The van der Waals surface area contributed by atoms with Crippen LogP contribution in [0.4, 0.5) is 10.5 Å². The third-order valence-electron chi connectivity index (χ3n) is 4.97. The molecule has 3 heterocycles. The second-order valence-corrected chi connectivity index (χ2v) is 6.74. The van der Waals surface area contributed by atoms with E-state index in [0.29, 0.717) is 37.8 Å². The van der Waals surface area contributed by atoms with Crippen molar-refractivity contribution in [3.05, 3.63) is 53.7 Å². The number of piperazine rings is 1. The number of benzene rings is 1. The van der Waals surface area contributed by atoms with Crippen LogP contribution in [0, 0.1) is 0 Å². The van der Waals surface area contributed by atoms with Gasteiger partial charge in [0, 0.05) is 26.7 Å². The highest BCUT2D eigenvalue weighted by molar-refractivity contribution is 5.92. The zero-order valence-electron chi connectivity index (χ0n) is 15.6. The Kier molecular flexibility index (Phi) is 5.01. The summed E-state index contributed by atoms with van der Waals surface area (Å²) in [5.41, 5.74) is 2.13. The summed E-state index contributed by atoms with van der Waals surface area (Å²) in [6.45, 7) is 2.39. The summed E-state index contributed by atoms with van der Waals surface area (Å²) in [5.74, 6) is 0.206. The van der Waals surface area contributed by atoms with Gasteiger partial charge in [0.1, 0.15) is 24.6 Å². The van der Waals surface area contributed by atoms with Gasteiger partial charge < -0.3 is 24.6 Å². The molecule has 4 rings (SSSR count). The maximum atomic E-state index is 12.4. The SMILES string of the molecule is CNC(=O)c1ccc2c(n1)OC[C@@H]1CN(C(=O)OCc3ccccc3)CCN21. The second-order valence-electron chi connectivity index (χ2n) is 6.74. The smallest absolute Gasteiger partial charge is 0.410 e. The van der Waals surface area contributed by atoms with E-state index >= 15 is 0 Å². The largest absolute Gasteiger partial charge is 0.474 e. The quantitative estimate of drug-likeness (QED) is 0.869. The monoisotopic (exact) mass is 382 g/mol. The maximum absolute atomic E-state index is 12.4. The number of nitrogens with one attached hydrogen (secondary N) is 1. The number of ether oxygens (including phenoxy) is 2. The van der Waals surface area contributed by atoms with E-state index in [1.165, 1.54) is 0 Å². The molecule has 0 aliphatic carbocycles. The minimum Gasteiger partial charge on any atom is -0.474 e. The highest BCUT2D eigenvalue weighted by Gasteiger charge is 2.36. The topological polar surface area (TPSA) is 84.0 Å². The van der Waals surface area contributed by atoms with Crippen molar-refractivity contribution >= 4 is 17.7 Å². The molecular weight excluding hydrogens is 360 g/mol. The Labute approximate surface area is 163 Å². The Morgan fingerprint density at radius 3 is 2.82 bits per heavy atom. The van der Waals surface area contributed by atoms with Crippen molar-refractivity contribution in [1.29, 1.82) is 0 Å². The maximum Gasteiger partial charge on any atom is 0.410 e. The highest BCUT2D eigenvalue weighted by Crippen LogP contribution is 2.34. The zero-order valence-corrected chi connectivity index (χ0v) is 15.6. The summed E-state index contributed by atoms with van der Waals surface area (Å²) in [6.07, 6.45) is -0.317. The van der Waals surface area contributed by atoms with E-state index in [4.69, 9.17) is 9.47 Å². The molecule has 1 N–H and O–H groups in total. The number of hydrogen-bond acceptors (Lipinski definition) is 6. The number of aromatic nitrogens is 1. The van der Waals surface area contributed by atoms with Crippen molar-refractivity contribution in [2.24, 2.45) is 0 Å². The molecule has 0 saturated carbocycles. The summed E-state index contributed by atoms with van der Waals surface area (Å²) in [6, 6.07) is 13.2. The van der Waals surface area contributed by atoms with E-state index < -0.39 is 0 Å². The zero-order chi connectivity index (χ0) is 19.5. The van der Waals surface area contributed by atoms with Crippen molar-refractivity contribution in [2.45, 2.75) is 12.6 Å². The van der Waals surface area contributed by atoms with Gasteiger partial charge in [-0.2, -0.15) is 0 Å². The molecule has 1 aromatic carbocycles. The van der Waals surface area contributed by atoms with Crippen LogP contribution in [0.3, 0.4) is 0 Å². The fraction of sp³-hybridized carbons (Fsp3) is 0.350. The predicted octanol–water partition coefficient (Wildman–Crippen LogP) is 1.66. The lowest BCUT2D eigenvalue weighted by atomic mass is 10.1. The molecular formula is C20H22N4O4. The van der Waals surface area contributed by atoms with E-state index in [1.54, 1.807) is 18.0 Å². The molecule has 0 radical (unpaired) electrons. The minimum absolute atomic E-state index is 0.0261. The first-order valence-electron chi connectivity index (χ1n) is 9.24. The first kappa shape index (κ1) is 18.1. The number of pyridine rings is 1. The van der Waals surface area contributed by atoms with Crippen molar-refractivity contribution in [3.63, 3.8) is 0 Å². The summed E-state index contributed by atoms with van der Waals surface area (Å²) < 4.78 is 11.2. The van der Waals surface area contributed by atoms with Crippen molar-refractivity contribution in [3.8, 4) is 5.88 Å². The molecule has 2 aliphatic rings. The Morgan fingerprint density at radius 2 is 2.04 bits per heavy atom. The van der Waals surface area contributed by atoms with Crippen LogP contribution < -0.4 is 15.0 Å². The lowest BCUT2D eigenvalue weighted by Gasteiger charge is -2.44. The third-order valence-corrected chi connectivity index (χ3v) is 4.97. The highest BCUT2D eigenvalue weighted by atomic mass is 16.6. The first-order valence-corrected chi connectivity index (χ1v) is 9.24. The van der Waals surface area contributed by atoms with Crippen LogP contribution in [-0.2, 0) is 11.3 Å². The van der Waals surface area contributed by atoms with Crippen molar-refractivity contribution in [1.82, 2.24) is 15.2 Å². The van der Waals surface area contributed by atoms with Gasteiger partial charge in [-0.15, -0.1) is 0 Å². The molecule has 1 atom stereocenters. The number of carbonyl (C=O) groups is 2. The second kappa shape index (κ2) is 7.75. The Morgan fingerprint density at radius 1 is 1.21 bits per heavy atom. The minimum atomic E-state index is -0.317. The Bertz CT molecular complexity index is 874. The molecule has 2 amide bonds. The molecule has 1 aromatic heterocycles. The van der Waals surface area contributed by atoms with Crippen molar-refractivity contribution in [2.75, 3.05) is 38.2 Å². The third kappa shape index (κ3) is 3.58. The fourth-order valence-electron chi connectivity index (χ4n) is 3.48. The van der Waals surface area contributed by atoms with Gasteiger partial charge in [-0.1, -0.05) is 30.3 Å². The number of amides is 2. The summed E-state index contributed by atoms with van der Waals surface area (Å²) in [5, 5.41) is 2.56. The lowest BCUT2D eigenvalue weighted by Crippen LogP contribution is -2.58. The van der Waals surface area contributed by atoms with Crippen LogP contribution in [0.1, 0.15) is 16.1 Å². The molecule has 8 nitrogen and oxygen atoms in total. The van der Waals surface area contributed by atoms with Gasteiger partial charge in [-0.05, 0) is 17.7 Å². The number of fused-ring (bicyclic) bond motifs is 3. The van der Waals surface area contributed by atoms with Gasteiger partial charge in [0.25, 0.3) is 5.91 Å². The van der Waals surface area contributed by atoms with Gasteiger partial charge in [-0.25, -0.2) is 9.78 Å². The lowest BCUT2D eigenvalue weighted by molar-refractivity contribution is 0.0823. The molecule has 2 aromatic rings.